The van der Waals surface area contributed by atoms with Gasteiger partial charge in [0.15, 0.2) is 0 Å². The summed E-state index contributed by atoms with van der Waals surface area (Å²) in [6.07, 6.45) is 0. The van der Waals surface area contributed by atoms with Crippen molar-refractivity contribution in [1.29, 1.82) is 0 Å². The Morgan fingerprint density at radius 1 is 1.22 bits per heavy atom. The zero-order valence-corrected chi connectivity index (χ0v) is 17.6. The number of amides is 1. The van der Waals surface area contributed by atoms with Crippen LogP contribution in [0.25, 0.3) is 15.3 Å². The van der Waals surface area contributed by atoms with E-state index >= 15 is 0 Å². The summed E-state index contributed by atoms with van der Waals surface area (Å²) in [5, 5.41) is 8.73. The Hall–Kier alpha value is -2.22. The number of thiazole rings is 1. The van der Waals surface area contributed by atoms with E-state index in [9.17, 15) is 4.79 Å². The normalized spacial score (nSPS) is 11.1. The van der Waals surface area contributed by atoms with Gasteiger partial charge in [0.2, 0.25) is 5.13 Å². The smallest absolute Gasteiger partial charge is 0.256 e. The van der Waals surface area contributed by atoms with Crippen LogP contribution in [0.1, 0.15) is 21.6 Å². The molecule has 0 spiro atoms. The maximum absolute atomic E-state index is 12.6. The highest BCUT2D eigenvalue weighted by molar-refractivity contribution is 9.10. The fourth-order valence-corrected chi connectivity index (χ4v) is 4.42. The molecule has 2 aromatic heterocycles. The average molecular weight is 462 g/mol. The highest BCUT2D eigenvalue weighted by Crippen LogP contribution is 2.34. The maximum Gasteiger partial charge on any atom is 0.256 e. The van der Waals surface area contributed by atoms with E-state index in [1.165, 1.54) is 11.3 Å². The van der Waals surface area contributed by atoms with Crippen molar-refractivity contribution in [1.82, 2.24) is 14.8 Å². The SMILES string of the molecule is Cc1cc(NC(=O)c2cccc(Br)c2)n(-c2nc3c(C)ccc(Cl)c3s2)n1. The average Bonchev–Trinajstić information content (AvgIpc) is 3.23. The van der Waals surface area contributed by atoms with E-state index in [0.717, 1.165) is 25.9 Å². The summed E-state index contributed by atoms with van der Waals surface area (Å²) in [7, 11) is 0. The van der Waals surface area contributed by atoms with Gasteiger partial charge in [-0.25, -0.2) is 4.98 Å². The molecule has 0 bridgehead atoms. The number of carbonyl (C=O) groups is 1. The Morgan fingerprint density at radius 3 is 2.78 bits per heavy atom. The molecule has 0 radical (unpaired) electrons. The van der Waals surface area contributed by atoms with Gasteiger partial charge in [0, 0.05) is 16.1 Å². The highest BCUT2D eigenvalue weighted by atomic mass is 79.9. The van der Waals surface area contributed by atoms with Crippen molar-refractivity contribution in [2.75, 3.05) is 5.32 Å². The van der Waals surface area contributed by atoms with Crippen LogP contribution in [0.5, 0.6) is 0 Å². The van der Waals surface area contributed by atoms with Crippen LogP contribution in [0.2, 0.25) is 5.02 Å². The summed E-state index contributed by atoms with van der Waals surface area (Å²) in [4.78, 5) is 17.3. The van der Waals surface area contributed by atoms with E-state index in [2.05, 4.69) is 31.3 Å². The van der Waals surface area contributed by atoms with E-state index in [4.69, 9.17) is 11.6 Å². The number of hydrogen-bond donors (Lipinski definition) is 1. The molecule has 0 saturated heterocycles. The Balaban J connectivity index is 1.74. The first kappa shape index (κ1) is 18.2. The summed E-state index contributed by atoms with van der Waals surface area (Å²) in [6, 6.07) is 12.8. The first-order valence-electron chi connectivity index (χ1n) is 8.12. The molecule has 136 valence electrons. The van der Waals surface area contributed by atoms with Crippen LogP contribution in [0.3, 0.4) is 0 Å². The van der Waals surface area contributed by atoms with E-state index < -0.39 is 0 Å². The van der Waals surface area contributed by atoms with Crippen molar-refractivity contribution in [3.63, 3.8) is 0 Å². The molecule has 0 aliphatic heterocycles. The van der Waals surface area contributed by atoms with Crippen LogP contribution in [0.4, 0.5) is 5.82 Å². The topological polar surface area (TPSA) is 59.8 Å². The lowest BCUT2D eigenvalue weighted by molar-refractivity contribution is 0.102. The van der Waals surface area contributed by atoms with Crippen LogP contribution in [-0.2, 0) is 0 Å². The quantitative estimate of drug-likeness (QED) is 0.421. The monoisotopic (exact) mass is 460 g/mol. The first-order chi connectivity index (χ1) is 12.9. The highest BCUT2D eigenvalue weighted by Gasteiger charge is 2.17. The number of anilines is 1. The zero-order valence-electron chi connectivity index (χ0n) is 14.5. The molecule has 1 amide bonds. The van der Waals surface area contributed by atoms with Crippen LogP contribution >= 0.6 is 38.9 Å². The predicted octanol–water partition coefficient (Wildman–Crippen LogP) is 5.77. The van der Waals surface area contributed by atoms with Crippen molar-refractivity contribution < 1.29 is 4.79 Å². The Labute approximate surface area is 173 Å². The molecule has 0 fully saturated rings. The maximum atomic E-state index is 12.6. The first-order valence-corrected chi connectivity index (χ1v) is 10.1. The summed E-state index contributed by atoms with van der Waals surface area (Å²) in [6.45, 7) is 3.86. The summed E-state index contributed by atoms with van der Waals surface area (Å²) < 4.78 is 3.39. The molecule has 8 heteroatoms. The number of nitrogens with zero attached hydrogens (tertiary/aromatic N) is 3. The number of carbonyl (C=O) groups excluding carboxylic acids is 1. The summed E-state index contributed by atoms with van der Waals surface area (Å²) in [5.41, 5.74) is 3.22. The molecular weight excluding hydrogens is 448 g/mol. The van der Waals surface area contributed by atoms with E-state index in [0.29, 0.717) is 21.5 Å². The minimum Gasteiger partial charge on any atom is -0.306 e. The Bertz CT molecular complexity index is 1140. The third kappa shape index (κ3) is 3.50. The molecule has 0 aliphatic rings. The molecule has 1 N–H and O–H groups in total. The lowest BCUT2D eigenvalue weighted by atomic mass is 10.2. The molecule has 0 saturated carbocycles. The number of rotatable bonds is 3. The number of hydrogen-bond acceptors (Lipinski definition) is 4. The van der Waals surface area contributed by atoms with Crippen molar-refractivity contribution in [2.45, 2.75) is 13.8 Å². The van der Waals surface area contributed by atoms with Gasteiger partial charge in [-0.15, -0.1) is 0 Å². The van der Waals surface area contributed by atoms with Crippen LogP contribution in [0, 0.1) is 13.8 Å². The molecule has 0 atom stereocenters. The number of fused-ring (bicyclic) bond motifs is 1. The molecule has 4 aromatic rings. The lowest BCUT2D eigenvalue weighted by Crippen LogP contribution is -2.15. The number of halogens is 2. The second-order valence-corrected chi connectivity index (χ2v) is 8.39. The molecular formula is C19H14BrClN4OS. The van der Waals surface area contributed by atoms with E-state index in [-0.39, 0.29) is 5.91 Å². The van der Waals surface area contributed by atoms with Crippen LogP contribution in [-0.4, -0.2) is 20.7 Å². The third-order valence-electron chi connectivity index (χ3n) is 4.03. The zero-order chi connectivity index (χ0) is 19.1. The van der Waals surface area contributed by atoms with Gasteiger partial charge in [0.05, 0.1) is 20.9 Å². The van der Waals surface area contributed by atoms with Gasteiger partial charge in [0.1, 0.15) is 5.82 Å². The molecule has 5 nitrogen and oxygen atoms in total. The van der Waals surface area contributed by atoms with Crippen molar-refractivity contribution in [3.05, 3.63) is 68.8 Å². The fraction of sp³-hybridized carbons (Fsp3) is 0.105. The lowest BCUT2D eigenvalue weighted by Gasteiger charge is -2.06. The van der Waals surface area contributed by atoms with Crippen molar-refractivity contribution >= 4 is 60.8 Å². The second-order valence-electron chi connectivity index (χ2n) is 6.09. The third-order valence-corrected chi connectivity index (χ3v) is 6.01. The van der Waals surface area contributed by atoms with Gasteiger partial charge in [-0.1, -0.05) is 51.0 Å². The Morgan fingerprint density at radius 2 is 2.04 bits per heavy atom. The van der Waals surface area contributed by atoms with Gasteiger partial charge in [-0.2, -0.15) is 9.78 Å². The fourth-order valence-electron chi connectivity index (χ4n) is 2.73. The summed E-state index contributed by atoms with van der Waals surface area (Å²) in [5.74, 6) is 0.345. The number of aromatic nitrogens is 3. The van der Waals surface area contributed by atoms with Gasteiger partial charge >= 0.3 is 0 Å². The van der Waals surface area contributed by atoms with Crippen LogP contribution < -0.4 is 5.32 Å². The number of nitrogens with one attached hydrogen (secondary N) is 1. The Kier molecular flexibility index (Phi) is 4.75. The molecule has 27 heavy (non-hydrogen) atoms. The molecule has 0 unspecified atom stereocenters. The van der Waals surface area contributed by atoms with Gasteiger partial charge in [-0.05, 0) is 43.7 Å². The second kappa shape index (κ2) is 7.07. The summed E-state index contributed by atoms with van der Waals surface area (Å²) >= 11 is 11.1. The standard InChI is InChI=1S/C19H14BrClN4OS/c1-10-6-7-14(21)17-16(10)23-19(27-17)25-15(8-11(2)24-25)22-18(26)12-4-3-5-13(20)9-12/h3-9H,1-2H3,(H,22,26). The van der Waals surface area contributed by atoms with E-state index in [1.807, 2.05) is 44.2 Å². The van der Waals surface area contributed by atoms with Gasteiger partial charge in [-0.3, -0.25) is 4.79 Å². The largest absolute Gasteiger partial charge is 0.306 e. The molecule has 0 aliphatic carbocycles. The number of aryl methyl sites for hydroxylation is 2. The van der Waals surface area contributed by atoms with Gasteiger partial charge in [0.25, 0.3) is 5.91 Å². The molecule has 4 rings (SSSR count). The molecule has 2 aromatic carbocycles. The van der Waals surface area contributed by atoms with Crippen molar-refractivity contribution in [2.24, 2.45) is 0 Å². The van der Waals surface area contributed by atoms with Crippen LogP contribution in [0.15, 0.2) is 46.9 Å². The number of benzene rings is 2. The van der Waals surface area contributed by atoms with Crippen molar-refractivity contribution in [3.8, 4) is 5.13 Å². The minimum atomic E-state index is -0.215. The van der Waals surface area contributed by atoms with E-state index in [1.54, 1.807) is 16.8 Å². The predicted molar refractivity (Wildman–Crippen MR) is 113 cm³/mol. The minimum absolute atomic E-state index is 0.215. The van der Waals surface area contributed by atoms with Gasteiger partial charge < -0.3 is 5.32 Å². The molecule has 2 heterocycles.